The molecule has 1 heterocycles. The Morgan fingerprint density at radius 2 is 2.05 bits per heavy atom. The van der Waals surface area contributed by atoms with E-state index in [4.69, 9.17) is 15.2 Å². The number of ether oxygens (including phenoxy) is 2. The molecule has 0 amide bonds. The Morgan fingerprint density at radius 1 is 1.32 bits per heavy atom. The van der Waals surface area contributed by atoms with Gasteiger partial charge < -0.3 is 15.2 Å². The highest BCUT2D eigenvalue weighted by Gasteiger charge is 2.43. The summed E-state index contributed by atoms with van der Waals surface area (Å²) in [6.07, 6.45) is 4.27. The smallest absolute Gasteiger partial charge is 0.340 e. The Morgan fingerprint density at radius 3 is 2.59 bits per heavy atom. The van der Waals surface area contributed by atoms with Crippen LogP contribution in [0.2, 0.25) is 0 Å². The number of hydrogen-bond acceptors (Lipinski definition) is 6. The molecule has 0 unspecified atom stereocenters. The predicted molar refractivity (Wildman–Crippen MR) is 80.2 cm³/mol. The summed E-state index contributed by atoms with van der Waals surface area (Å²) >= 11 is 0. The second-order valence-corrected chi connectivity index (χ2v) is 5.39. The van der Waals surface area contributed by atoms with Crippen molar-refractivity contribution >= 4 is 11.8 Å². The number of hydrogen-bond donors (Lipinski definition) is 1. The standard InChI is InChI=1S/C16H22N2O4/c1-2-21-11-13-6-5-12(10-18-13)15(20)22-16(14(19)9-17)7-3-4-8-16/h5-6,10H,2-4,7-9,11,17H2,1H3. The second kappa shape index (κ2) is 7.47. The lowest BCUT2D eigenvalue weighted by Gasteiger charge is -2.26. The van der Waals surface area contributed by atoms with Crippen LogP contribution < -0.4 is 5.73 Å². The lowest BCUT2D eigenvalue weighted by molar-refractivity contribution is -0.136. The van der Waals surface area contributed by atoms with E-state index in [1.54, 1.807) is 12.1 Å². The first kappa shape index (κ1) is 16.6. The van der Waals surface area contributed by atoms with Crippen molar-refractivity contribution in [1.29, 1.82) is 0 Å². The van der Waals surface area contributed by atoms with Crippen LogP contribution in [0.1, 0.15) is 48.7 Å². The summed E-state index contributed by atoms with van der Waals surface area (Å²) in [6, 6.07) is 3.36. The Balaban J connectivity index is 2.05. The van der Waals surface area contributed by atoms with E-state index in [0.717, 1.165) is 18.5 Å². The van der Waals surface area contributed by atoms with Gasteiger partial charge in [0.15, 0.2) is 11.4 Å². The summed E-state index contributed by atoms with van der Waals surface area (Å²) in [6.45, 7) is 2.80. The van der Waals surface area contributed by atoms with Gasteiger partial charge in [-0.25, -0.2) is 4.79 Å². The number of aromatic nitrogens is 1. The van der Waals surface area contributed by atoms with Crippen molar-refractivity contribution in [3.05, 3.63) is 29.6 Å². The molecule has 2 rings (SSSR count). The summed E-state index contributed by atoms with van der Waals surface area (Å²) in [5.41, 5.74) is 5.48. The first-order valence-electron chi connectivity index (χ1n) is 7.60. The minimum absolute atomic E-state index is 0.112. The van der Waals surface area contributed by atoms with Crippen LogP contribution in [0.5, 0.6) is 0 Å². The Hall–Kier alpha value is -1.79. The Bertz CT molecular complexity index is 521. The van der Waals surface area contributed by atoms with Gasteiger partial charge in [-0.2, -0.15) is 0 Å². The lowest BCUT2D eigenvalue weighted by Crippen LogP contribution is -2.44. The van der Waals surface area contributed by atoms with Crippen molar-refractivity contribution in [3.8, 4) is 0 Å². The molecule has 0 bridgehead atoms. The summed E-state index contributed by atoms with van der Waals surface area (Å²) in [5.74, 6) is -0.738. The molecular formula is C16H22N2O4. The molecule has 0 saturated heterocycles. The van der Waals surface area contributed by atoms with Gasteiger partial charge in [-0.1, -0.05) is 0 Å². The highest BCUT2D eigenvalue weighted by Crippen LogP contribution is 2.34. The average molecular weight is 306 g/mol. The molecule has 120 valence electrons. The zero-order chi connectivity index (χ0) is 16.0. The molecule has 1 aromatic rings. The SMILES string of the molecule is CCOCc1ccc(C(=O)OC2(C(=O)CN)CCCC2)cn1. The molecule has 2 N–H and O–H groups in total. The fourth-order valence-corrected chi connectivity index (χ4v) is 2.64. The van der Waals surface area contributed by atoms with E-state index < -0.39 is 11.6 Å². The number of esters is 1. The summed E-state index contributed by atoms with van der Waals surface area (Å²) in [7, 11) is 0. The van der Waals surface area contributed by atoms with Gasteiger partial charge in [0.1, 0.15) is 0 Å². The molecule has 1 aliphatic carbocycles. The van der Waals surface area contributed by atoms with E-state index in [-0.39, 0.29) is 12.3 Å². The third-order valence-corrected chi connectivity index (χ3v) is 3.91. The molecule has 1 aromatic heterocycles. The largest absolute Gasteiger partial charge is 0.447 e. The maximum Gasteiger partial charge on any atom is 0.340 e. The lowest BCUT2D eigenvalue weighted by atomic mass is 9.96. The van der Waals surface area contributed by atoms with Gasteiger partial charge >= 0.3 is 5.97 Å². The van der Waals surface area contributed by atoms with Gasteiger partial charge in [0.2, 0.25) is 0 Å². The van der Waals surface area contributed by atoms with Crippen LogP contribution in [-0.4, -0.2) is 35.5 Å². The molecule has 1 aliphatic rings. The summed E-state index contributed by atoms with van der Waals surface area (Å²) in [4.78, 5) is 28.5. The first-order valence-corrected chi connectivity index (χ1v) is 7.60. The second-order valence-electron chi connectivity index (χ2n) is 5.39. The van der Waals surface area contributed by atoms with E-state index in [1.165, 1.54) is 6.20 Å². The van der Waals surface area contributed by atoms with E-state index in [0.29, 0.717) is 31.6 Å². The first-order chi connectivity index (χ1) is 10.6. The zero-order valence-electron chi connectivity index (χ0n) is 12.8. The number of nitrogens with zero attached hydrogens (tertiary/aromatic N) is 1. The number of carbonyl (C=O) groups is 2. The maximum atomic E-state index is 12.3. The number of carbonyl (C=O) groups excluding carboxylic acids is 2. The van der Waals surface area contributed by atoms with Crippen molar-refractivity contribution < 1.29 is 19.1 Å². The van der Waals surface area contributed by atoms with Crippen molar-refractivity contribution in [2.45, 2.75) is 44.8 Å². The minimum atomic E-state index is -1.05. The van der Waals surface area contributed by atoms with Crippen LogP contribution in [0.25, 0.3) is 0 Å². The van der Waals surface area contributed by atoms with Crippen LogP contribution in [0, 0.1) is 0 Å². The van der Waals surface area contributed by atoms with Crippen molar-refractivity contribution in [2.75, 3.05) is 13.2 Å². The Labute approximate surface area is 130 Å². The molecule has 0 spiro atoms. The van der Waals surface area contributed by atoms with E-state index >= 15 is 0 Å². The van der Waals surface area contributed by atoms with Crippen LogP contribution >= 0.6 is 0 Å². The quantitative estimate of drug-likeness (QED) is 0.770. The molecule has 0 atom stereocenters. The highest BCUT2D eigenvalue weighted by molar-refractivity contribution is 5.95. The van der Waals surface area contributed by atoms with Crippen LogP contribution in [-0.2, 0) is 20.9 Å². The van der Waals surface area contributed by atoms with E-state index in [2.05, 4.69) is 4.98 Å². The van der Waals surface area contributed by atoms with E-state index in [1.807, 2.05) is 6.92 Å². The fraction of sp³-hybridized carbons (Fsp3) is 0.562. The fourth-order valence-electron chi connectivity index (χ4n) is 2.64. The number of pyridine rings is 1. The van der Waals surface area contributed by atoms with Gasteiger partial charge in [-0.05, 0) is 44.7 Å². The van der Waals surface area contributed by atoms with Crippen LogP contribution in [0.3, 0.4) is 0 Å². The average Bonchev–Trinajstić information content (AvgIpc) is 3.02. The highest BCUT2D eigenvalue weighted by atomic mass is 16.6. The molecule has 0 radical (unpaired) electrons. The maximum absolute atomic E-state index is 12.3. The number of nitrogens with two attached hydrogens (primary N) is 1. The van der Waals surface area contributed by atoms with Crippen molar-refractivity contribution in [2.24, 2.45) is 5.73 Å². The van der Waals surface area contributed by atoms with Crippen LogP contribution in [0.15, 0.2) is 18.3 Å². The molecule has 1 saturated carbocycles. The molecule has 22 heavy (non-hydrogen) atoms. The molecule has 6 nitrogen and oxygen atoms in total. The third-order valence-electron chi connectivity index (χ3n) is 3.91. The third kappa shape index (κ3) is 3.69. The molecular weight excluding hydrogens is 284 g/mol. The van der Waals surface area contributed by atoms with Gasteiger partial charge in [0.25, 0.3) is 0 Å². The number of rotatable bonds is 7. The van der Waals surface area contributed by atoms with Gasteiger partial charge in [-0.3, -0.25) is 9.78 Å². The van der Waals surface area contributed by atoms with Gasteiger partial charge in [0.05, 0.1) is 24.4 Å². The van der Waals surface area contributed by atoms with Crippen molar-refractivity contribution in [1.82, 2.24) is 4.98 Å². The van der Waals surface area contributed by atoms with E-state index in [9.17, 15) is 9.59 Å². The van der Waals surface area contributed by atoms with Crippen molar-refractivity contribution in [3.63, 3.8) is 0 Å². The van der Waals surface area contributed by atoms with Gasteiger partial charge in [0, 0.05) is 12.8 Å². The predicted octanol–water partition coefficient (Wildman–Crippen LogP) is 1.62. The molecule has 0 aromatic carbocycles. The minimum Gasteiger partial charge on any atom is -0.447 e. The monoisotopic (exact) mass is 306 g/mol. The molecule has 1 fully saturated rings. The number of ketones is 1. The van der Waals surface area contributed by atoms with Gasteiger partial charge in [-0.15, -0.1) is 0 Å². The zero-order valence-corrected chi connectivity index (χ0v) is 12.8. The summed E-state index contributed by atoms with van der Waals surface area (Å²) in [5, 5.41) is 0. The molecule has 6 heteroatoms. The Kier molecular flexibility index (Phi) is 5.63. The number of Topliss-reactive ketones (excluding diaryl/α,β-unsaturated/α-hetero) is 1. The normalized spacial score (nSPS) is 16.5. The van der Waals surface area contributed by atoms with Crippen LogP contribution in [0.4, 0.5) is 0 Å². The summed E-state index contributed by atoms with van der Waals surface area (Å²) < 4.78 is 10.8. The molecule has 0 aliphatic heterocycles. The topological polar surface area (TPSA) is 91.5 Å².